The fourth-order valence-electron chi connectivity index (χ4n) is 1.15. The van der Waals surface area contributed by atoms with Crippen molar-refractivity contribution in [3.63, 3.8) is 0 Å². The van der Waals surface area contributed by atoms with Gasteiger partial charge in [-0.1, -0.05) is 5.57 Å². The second-order valence-electron chi connectivity index (χ2n) is 2.95. The third kappa shape index (κ3) is 1.27. The third-order valence-corrected chi connectivity index (χ3v) is 2.11. The van der Waals surface area contributed by atoms with Gasteiger partial charge in [-0.15, -0.1) is 0 Å². The zero-order chi connectivity index (χ0) is 7.72. The molecule has 0 N–H and O–H groups in total. The Morgan fingerprint density at radius 1 is 1.70 bits per heavy atom. The van der Waals surface area contributed by atoms with Crippen LogP contribution in [0.25, 0.3) is 0 Å². The van der Waals surface area contributed by atoms with Gasteiger partial charge in [0.05, 0.1) is 6.54 Å². The number of hydrogen-bond acceptors (Lipinski definition) is 2. The standard InChI is InChI=1S/C8H13NO/c1-6-4-8(10)5-9(3)7(6)2/h4,7H,5H2,1-3H3/t7-/m0/s1. The molecule has 0 radical (unpaired) electrons. The molecule has 1 rings (SSSR count). The molecule has 0 unspecified atom stereocenters. The minimum Gasteiger partial charge on any atom is -0.293 e. The number of ketones is 1. The zero-order valence-corrected chi connectivity index (χ0v) is 6.72. The van der Waals surface area contributed by atoms with Crippen LogP contribution in [0.3, 0.4) is 0 Å². The Labute approximate surface area is 61.5 Å². The molecule has 0 aromatic carbocycles. The molecular weight excluding hydrogens is 126 g/mol. The van der Waals surface area contributed by atoms with Crippen molar-refractivity contribution >= 4 is 5.78 Å². The van der Waals surface area contributed by atoms with Gasteiger partial charge in [-0.05, 0) is 27.0 Å². The fraction of sp³-hybridized carbons (Fsp3) is 0.625. The summed E-state index contributed by atoms with van der Waals surface area (Å²) in [4.78, 5) is 13.0. The van der Waals surface area contributed by atoms with Crippen molar-refractivity contribution < 1.29 is 4.79 Å². The number of hydrogen-bond donors (Lipinski definition) is 0. The molecule has 0 spiro atoms. The summed E-state index contributed by atoms with van der Waals surface area (Å²) in [6, 6.07) is 0.428. The van der Waals surface area contributed by atoms with E-state index in [1.54, 1.807) is 6.08 Å². The summed E-state index contributed by atoms with van der Waals surface area (Å²) >= 11 is 0. The van der Waals surface area contributed by atoms with E-state index >= 15 is 0 Å². The third-order valence-electron chi connectivity index (χ3n) is 2.11. The summed E-state index contributed by atoms with van der Waals surface area (Å²) in [5.41, 5.74) is 1.17. The van der Waals surface area contributed by atoms with E-state index in [4.69, 9.17) is 0 Å². The number of carbonyl (C=O) groups is 1. The molecule has 1 aliphatic heterocycles. The van der Waals surface area contributed by atoms with Crippen LogP contribution in [-0.4, -0.2) is 30.3 Å². The first kappa shape index (κ1) is 7.48. The molecule has 0 saturated carbocycles. The van der Waals surface area contributed by atoms with E-state index < -0.39 is 0 Å². The molecule has 0 amide bonds. The van der Waals surface area contributed by atoms with Crippen LogP contribution in [0.4, 0.5) is 0 Å². The first-order valence-corrected chi connectivity index (χ1v) is 3.52. The molecule has 0 aromatic heterocycles. The van der Waals surface area contributed by atoms with Crippen LogP contribution in [0.2, 0.25) is 0 Å². The van der Waals surface area contributed by atoms with Crippen LogP contribution in [0, 0.1) is 0 Å². The Morgan fingerprint density at radius 3 is 2.80 bits per heavy atom. The molecule has 1 atom stereocenters. The van der Waals surface area contributed by atoms with Gasteiger partial charge in [0.15, 0.2) is 5.78 Å². The van der Waals surface area contributed by atoms with Crippen LogP contribution in [0.5, 0.6) is 0 Å². The first-order valence-electron chi connectivity index (χ1n) is 3.52. The molecule has 56 valence electrons. The maximum Gasteiger partial charge on any atom is 0.169 e. The van der Waals surface area contributed by atoms with Gasteiger partial charge in [0.25, 0.3) is 0 Å². The Balaban J connectivity index is 2.80. The second kappa shape index (κ2) is 2.54. The van der Waals surface area contributed by atoms with Gasteiger partial charge in [-0.2, -0.15) is 0 Å². The molecule has 0 aliphatic carbocycles. The summed E-state index contributed by atoms with van der Waals surface area (Å²) in [5.74, 6) is 0.220. The lowest BCUT2D eigenvalue weighted by Gasteiger charge is -2.27. The minimum atomic E-state index is 0.220. The SMILES string of the molecule is CC1=CC(=O)CN(C)[C@H]1C. The van der Waals surface area contributed by atoms with E-state index in [2.05, 4.69) is 11.8 Å². The monoisotopic (exact) mass is 139 g/mol. The second-order valence-corrected chi connectivity index (χ2v) is 2.95. The summed E-state index contributed by atoms with van der Waals surface area (Å²) in [5, 5.41) is 0. The van der Waals surface area contributed by atoms with Gasteiger partial charge in [0.2, 0.25) is 0 Å². The topological polar surface area (TPSA) is 20.3 Å². The van der Waals surface area contributed by atoms with Crippen LogP contribution in [0.1, 0.15) is 13.8 Å². The van der Waals surface area contributed by atoms with E-state index in [-0.39, 0.29) is 5.78 Å². The molecule has 2 heteroatoms. The number of rotatable bonds is 0. The van der Waals surface area contributed by atoms with E-state index in [1.165, 1.54) is 5.57 Å². The zero-order valence-electron chi connectivity index (χ0n) is 6.72. The Kier molecular flexibility index (Phi) is 1.90. The predicted molar refractivity (Wildman–Crippen MR) is 40.9 cm³/mol. The summed E-state index contributed by atoms with van der Waals surface area (Å²) in [6.07, 6.45) is 1.74. The fourth-order valence-corrected chi connectivity index (χ4v) is 1.15. The highest BCUT2D eigenvalue weighted by Gasteiger charge is 2.18. The Bertz CT molecular complexity index is 184. The van der Waals surface area contributed by atoms with Crippen molar-refractivity contribution in [2.24, 2.45) is 0 Å². The average molecular weight is 139 g/mol. The Morgan fingerprint density at radius 2 is 2.30 bits per heavy atom. The molecule has 0 bridgehead atoms. The van der Waals surface area contributed by atoms with E-state index in [1.807, 2.05) is 14.0 Å². The lowest BCUT2D eigenvalue weighted by molar-refractivity contribution is -0.116. The number of carbonyl (C=O) groups excluding carboxylic acids is 1. The van der Waals surface area contributed by atoms with Crippen LogP contribution < -0.4 is 0 Å². The smallest absolute Gasteiger partial charge is 0.169 e. The van der Waals surface area contributed by atoms with Crippen LogP contribution in [-0.2, 0) is 4.79 Å². The molecule has 0 fully saturated rings. The summed E-state index contributed by atoms with van der Waals surface area (Å²) in [6.45, 7) is 4.68. The summed E-state index contributed by atoms with van der Waals surface area (Å²) < 4.78 is 0. The van der Waals surface area contributed by atoms with E-state index in [9.17, 15) is 4.79 Å². The van der Waals surface area contributed by atoms with Gasteiger partial charge < -0.3 is 0 Å². The van der Waals surface area contributed by atoms with Gasteiger partial charge in [-0.3, -0.25) is 9.69 Å². The summed E-state index contributed by atoms with van der Waals surface area (Å²) in [7, 11) is 1.97. The van der Waals surface area contributed by atoms with Crippen molar-refractivity contribution in [2.75, 3.05) is 13.6 Å². The minimum absolute atomic E-state index is 0.220. The highest BCUT2D eigenvalue weighted by Crippen LogP contribution is 2.12. The number of nitrogens with zero attached hydrogens (tertiary/aromatic N) is 1. The molecule has 10 heavy (non-hydrogen) atoms. The van der Waals surface area contributed by atoms with Crippen molar-refractivity contribution in [1.82, 2.24) is 4.90 Å². The van der Waals surface area contributed by atoms with Gasteiger partial charge in [0, 0.05) is 6.04 Å². The van der Waals surface area contributed by atoms with E-state index in [0.29, 0.717) is 12.6 Å². The Hall–Kier alpha value is -0.630. The normalized spacial score (nSPS) is 28.5. The quantitative estimate of drug-likeness (QED) is 0.495. The van der Waals surface area contributed by atoms with Crippen LogP contribution >= 0.6 is 0 Å². The highest BCUT2D eigenvalue weighted by atomic mass is 16.1. The highest BCUT2D eigenvalue weighted by molar-refractivity contribution is 5.93. The maximum atomic E-state index is 10.9. The van der Waals surface area contributed by atoms with E-state index in [0.717, 1.165) is 0 Å². The van der Waals surface area contributed by atoms with Gasteiger partial charge >= 0.3 is 0 Å². The van der Waals surface area contributed by atoms with Crippen molar-refractivity contribution in [1.29, 1.82) is 0 Å². The van der Waals surface area contributed by atoms with Crippen molar-refractivity contribution in [2.45, 2.75) is 19.9 Å². The van der Waals surface area contributed by atoms with Gasteiger partial charge in [0.1, 0.15) is 0 Å². The first-order chi connectivity index (χ1) is 4.61. The molecule has 0 aromatic rings. The van der Waals surface area contributed by atoms with Gasteiger partial charge in [-0.25, -0.2) is 0 Å². The largest absolute Gasteiger partial charge is 0.293 e. The molecule has 1 heterocycles. The molecule has 2 nitrogen and oxygen atoms in total. The molecule has 1 aliphatic rings. The van der Waals surface area contributed by atoms with Crippen molar-refractivity contribution in [3.8, 4) is 0 Å². The van der Waals surface area contributed by atoms with Crippen LogP contribution in [0.15, 0.2) is 11.6 Å². The lowest BCUT2D eigenvalue weighted by Crippen LogP contribution is -2.38. The molecular formula is C8H13NO. The van der Waals surface area contributed by atoms with Crippen molar-refractivity contribution in [3.05, 3.63) is 11.6 Å². The predicted octanol–water partition coefficient (Wildman–Crippen LogP) is 0.836. The maximum absolute atomic E-state index is 10.9. The lowest BCUT2D eigenvalue weighted by atomic mass is 10.0. The number of likely N-dealkylation sites (N-methyl/N-ethyl adjacent to an activating group) is 1. The average Bonchev–Trinajstić information content (AvgIpc) is 1.82. The molecule has 0 saturated heterocycles.